The van der Waals surface area contributed by atoms with E-state index in [-0.39, 0.29) is 5.91 Å². The minimum Gasteiger partial charge on any atom is -0.368 e. The number of aromatic nitrogens is 1. The molecule has 0 bridgehead atoms. The Bertz CT molecular complexity index is 622. The third-order valence-corrected chi connectivity index (χ3v) is 4.71. The van der Waals surface area contributed by atoms with Gasteiger partial charge in [-0.2, -0.15) is 0 Å². The first-order chi connectivity index (χ1) is 10.8. The molecule has 1 saturated heterocycles. The number of pyridine rings is 1. The highest BCUT2D eigenvalue weighted by Crippen LogP contribution is 2.18. The second-order valence-electron chi connectivity index (χ2n) is 5.27. The molecular weight excluding hydrogens is 294 g/mol. The molecule has 1 N–H and O–H groups in total. The van der Waals surface area contributed by atoms with Crippen molar-refractivity contribution in [3.63, 3.8) is 0 Å². The van der Waals surface area contributed by atoms with Gasteiger partial charge >= 0.3 is 0 Å². The van der Waals surface area contributed by atoms with E-state index in [1.807, 2.05) is 47.8 Å². The number of hydrogen-bond acceptors (Lipinski definition) is 3. The highest BCUT2D eigenvalue weighted by atomic mass is 32.2. The van der Waals surface area contributed by atoms with Crippen molar-refractivity contribution in [2.24, 2.45) is 0 Å². The molecule has 0 radical (unpaired) electrons. The maximum Gasteiger partial charge on any atom is 0.253 e. The molecule has 2 heterocycles. The van der Waals surface area contributed by atoms with Gasteiger partial charge in [-0.15, -0.1) is 11.8 Å². The zero-order valence-electron chi connectivity index (χ0n) is 12.7. The van der Waals surface area contributed by atoms with Crippen LogP contribution in [0.2, 0.25) is 0 Å². The second kappa shape index (κ2) is 6.83. The Morgan fingerprint density at radius 3 is 2.23 bits per heavy atom. The largest absolute Gasteiger partial charge is 0.368 e. The molecule has 2 aromatic rings. The maximum absolute atomic E-state index is 12.5. The van der Waals surface area contributed by atoms with Crippen molar-refractivity contribution in [1.82, 2.24) is 4.90 Å². The van der Waals surface area contributed by atoms with Gasteiger partial charge in [-0.05, 0) is 30.5 Å². The Labute approximate surface area is 135 Å². The Morgan fingerprint density at radius 2 is 1.64 bits per heavy atom. The molecule has 1 amide bonds. The van der Waals surface area contributed by atoms with Crippen LogP contribution in [0.25, 0.3) is 0 Å². The molecule has 1 aliphatic heterocycles. The standard InChI is InChI=1S/C17H19N3OS/c1-22-16-4-2-14(3-5-16)17(21)20-12-10-19(11-13-20)15-6-8-18-9-7-15/h2-9H,10-13H2,1H3/p+1. The van der Waals surface area contributed by atoms with Crippen LogP contribution in [-0.4, -0.2) is 43.2 Å². The predicted molar refractivity (Wildman–Crippen MR) is 89.3 cm³/mol. The van der Waals surface area contributed by atoms with E-state index < -0.39 is 0 Å². The lowest BCUT2D eigenvalue weighted by Crippen LogP contribution is -2.48. The van der Waals surface area contributed by atoms with Crippen molar-refractivity contribution in [2.75, 3.05) is 37.3 Å². The summed E-state index contributed by atoms with van der Waals surface area (Å²) in [6.45, 7) is 3.28. The van der Waals surface area contributed by atoms with Crippen molar-refractivity contribution in [3.8, 4) is 0 Å². The van der Waals surface area contributed by atoms with Crippen molar-refractivity contribution < 1.29 is 9.78 Å². The SMILES string of the molecule is CSc1ccc(C(=O)N2CCN(c3cc[nH+]cc3)CC2)cc1. The molecule has 0 spiro atoms. The summed E-state index contributed by atoms with van der Waals surface area (Å²) in [5, 5.41) is 0. The molecule has 1 aromatic carbocycles. The normalized spacial score (nSPS) is 15.0. The average Bonchev–Trinajstić information content (AvgIpc) is 2.62. The number of rotatable bonds is 3. The summed E-state index contributed by atoms with van der Waals surface area (Å²) in [6.07, 6.45) is 5.90. The van der Waals surface area contributed by atoms with Crippen molar-refractivity contribution in [2.45, 2.75) is 4.90 Å². The van der Waals surface area contributed by atoms with Crippen LogP contribution in [0.1, 0.15) is 10.4 Å². The van der Waals surface area contributed by atoms with E-state index in [0.717, 1.165) is 31.7 Å². The molecule has 4 nitrogen and oxygen atoms in total. The number of thioether (sulfide) groups is 1. The monoisotopic (exact) mass is 314 g/mol. The lowest BCUT2D eigenvalue weighted by Gasteiger charge is -2.35. The van der Waals surface area contributed by atoms with Gasteiger partial charge in [0, 0.05) is 54.5 Å². The lowest BCUT2D eigenvalue weighted by atomic mass is 10.2. The van der Waals surface area contributed by atoms with Crippen molar-refractivity contribution >= 4 is 23.4 Å². The number of anilines is 1. The van der Waals surface area contributed by atoms with Crippen LogP contribution in [-0.2, 0) is 0 Å². The van der Waals surface area contributed by atoms with E-state index in [4.69, 9.17) is 0 Å². The van der Waals surface area contributed by atoms with E-state index in [0.29, 0.717) is 0 Å². The van der Waals surface area contributed by atoms with Crippen LogP contribution < -0.4 is 9.88 Å². The number of aromatic amines is 1. The number of benzene rings is 1. The van der Waals surface area contributed by atoms with E-state index in [1.54, 1.807) is 11.8 Å². The fourth-order valence-corrected chi connectivity index (χ4v) is 3.08. The Morgan fingerprint density at radius 1 is 1.00 bits per heavy atom. The molecule has 0 saturated carbocycles. The molecule has 22 heavy (non-hydrogen) atoms. The third kappa shape index (κ3) is 3.25. The summed E-state index contributed by atoms with van der Waals surface area (Å²) in [4.78, 5) is 21.0. The molecule has 114 valence electrons. The lowest BCUT2D eigenvalue weighted by molar-refractivity contribution is -0.377. The fourth-order valence-electron chi connectivity index (χ4n) is 2.67. The molecular formula is C17H20N3OS+. The minimum absolute atomic E-state index is 0.133. The first-order valence-corrected chi connectivity index (χ1v) is 8.65. The van der Waals surface area contributed by atoms with Crippen LogP contribution in [0.15, 0.2) is 53.7 Å². The van der Waals surface area contributed by atoms with Crippen LogP contribution in [0.3, 0.4) is 0 Å². The topological polar surface area (TPSA) is 37.7 Å². The number of H-pyrrole nitrogens is 1. The van der Waals surface area contributed by atoms with Crippen LogP contribution in [0.5, 0.6) is 0 Å². The summed E-state index contributed by atoms with van der Waals surface area (Å²) in [5.41, 5.74) is 1.98. The Kier molecular flexibility index (Phi) is 4.63. The Hall–Kier alpha value is -2.01. The van der Waals surface area contributed by atoms with E-state index in [1.165, 1.54) is 10.6 Å². The maximum atomic E-state index is 12.5. The number of carbonyl (C=O) groups is 1. The highest BCUT2D eigenvalue weighted by Gasteiger charge is 2.22. The van der Waals surface area contributed by atoms with Gasteiger partial charge in [-0.3, -0.25) is 4.79 Å². The first-order valence-electron chi connectivity index (χ1n) is 7.42. The quantitative estimate of drug-likeness (QED) is 0.815. The molecule has 0 unspecified atom stereocenters. The van der Waals surface area contributed by atoms with Gasteiger partial charge in [0.05, 0.1) is 0 Å². The van der Waals surface area contributed by atoms with E-state index in [9.17, 15) is 4.79 Å². The fraction of sp³-hybridized carbons (Fsp3) is 0.294. The van der Waals surface area contributed by atoms with E-state index in [2.05, 4.69) is 22.0 Å². The number of piperazine rings is 1. The Balaban J connectivity index is 1.62. The summed E-state index contributed by atoms with van der Waals surface area (Å²) in [5.74, 6) is 0.133. The van der Waals surface area contributed by atoms with Crippen molar-refractivity contribution in [3.05, 3.63) is 54.4 Å². The van der Waals surface area contributed by atoms with Crippen LogP contribution in [0, 0.1) is 0 Å². The molecule has 5 heteroatoms. The average molecular weight is 314 g/mol. The van der Waals surface area contributed by atoms with Gasteiger partial charge in [-0.25, -0.2) is 4.98 Å². The highest BCUT2D eigenvalue weighted by molar-refractivity contribution is 7.98. The van der Waals surface area contributed by atoms with Gasteiger partial charge in [0.1, 0.15) is 0 Å². The van der Waals surface area contributed by atoms with Gasteiger partial charge in [0.2, 0.25) is 0 Å². The van der Waals surface area contributed by atoms with Crippen LogP contribution in [0.4, 0.5) is 5.69 Å². The number of carbonyl (C=O) groups excluding carboxylic acids is 1. The van der Waals surface area contributed by atoms with Gasteiger partial charge < -0.3 is 9.80 Å². The summed E-state index contributed by atoms with van der Waals surface area (Å²) in [6, 6.07) is 12.0. The minimum atomic E-state index is 0.133. The first kappa shape index (κ1) is 14.9. The number of hydrogen-bond donors (Lipinski definition) is 0. The van der Waals surface area contributed by atoms with E-state index >= 15 is 0 Å². The predicted octanol–water partition coefficient (Wildman–Crippen LogP) is 2.19. The number of amides is 1. The summed E-state index contributed by atoms with van der Waals surface area (Å²) >= 11 is 1.69. The molecule has 0 aliphatic carbocycles. The second-order valence-corrected chi connectivity index (χ2v) is 6.15. The number of nitrogens with one attached hydrogen (secondary N) is 1. The summed E-state index contributed by atoms with van der Waals surface area (Å²) in [7, 11) is 0. The number of nitrogens with zero attached hydrogens (tertiary/aromatic N) is 2. The molecule has 1 fully saturated rings. The molecule has 1 aromatic heterocycles. The van der Waals surface area contributed by atoms with Gasteiger partial charge in [-0.1, -0.05) is 0 Å². The summed E-state index contributed by atoms with van der Waals surface area (Å²) < 4.78 is 0. The van der Waals surface area contributed by atoms with Gasteiger partial charge in [0.25, 0.3) is 5.91 Å². The zero-order chi connectivity index (χ0) is 15.4. The zero-order valence-corrected chi connectivity index (χ0v) is 13.5. The third-order valence-electron chi connectivity index (χ3n) is 3.97. The van der Waals surface area contributed by atoms with Gasteiger partial charge in [0.15, 0.2) is 12.4 Å². The molecule has 3 rings (SSSR count). The van der Waals surface area contributed by atoms with Crippen molar-refractivity contribution in [1.29, 1.82) is 0 Å². The molecule has 0 atom stereocenters. The van der Waals surface area contributed by atoms with Crippen LogP contribution >= 0.6 is 11.8 Å². The molecule has 1 aliphatic rings. The smallest absolute Gasteiger partial charge is 0.253 e.